The van der Waals surface area contributed by atoms with Crippen molar-refractivity contribution in [1.29, 1.82) is 0 Å². The third kappa shape index (κ3) is 3.79. The smallest absolute Gasteiger partial charge is 0.409 e. The highest BCUT2D eigenvalue weighted by Gasteiger charge is 2.62. The zero-order chi connectivity index (χ0) is 16.6. The van der Waals surface area contributed by atoms with E-state index >= 15 is 0 Å². The molecular weight excluding hydrogens is 308 g/mol. The van der Waals surface area contributed by atoms with Gasteiger partial charge < -0.3 is 9.64 Å². The lowest BCUT2D eigenvalue weighted by molar-refractivity contribution is -0.277. The maximum Gasteiger partial charge on any atom is 0.409 e. The fourth-order valence-electron chi connectivity index (χ4n) is 2.25. The minimum atomic E-state index is -5.73. The first-order valence-corrected chi connectivity index (χ1v) is 5.89. The zero-order valence-corrected chi connectivity index (χ0v) is 11.1. The van der Waals surface area contributed by atoms with Crippen LogP contribution in [0.25, 0.3) is 0 Å². The highest BCUT2D eigenvalue weighted by Crippen LogP contribution is 2.41. The predicted octanol–water partition coefficient (Wildman–Crippen LogP) is 1.99. The topological polar surface area (TPSA) is 46.6 Å². The summed E-state index contributed by atoms with van der Waals surface area (Å²) in [5.41, 5.74) is 0. The molecule has 0 aromatic heterocycles. The van der Waals surface area contributed by atoms with Gasteiger partial charge in [0, 0.05) is 13.1 Å². The third-order valence-corrected chi connectivity index (χ3v) is 3.33. The van der Waals surface area contributed by atoms with Crippen LogP contribution in [0.2, 0.25) is 0 Å². The lowest BCUT2D eigenvalue weighted by Crippen LogP contribution is -2.49. The standard InChI is InChI=1S/C11H13F6NO3/c1-5-3-18(4-6(5)9(20)21-2)8(19)7(10(12,13)14)11(15,16)17/h5-7H,3-4H2,1-2H3. The number of hydrogen-bond acceptors (Lipinski definition) is 3. The number of esters is 1. The Morgan fingerprint density at radius 1 is 1.10 bits per heavy atom. The van der Waals surface area contributed by atoms with Crippen molar-refractivity contribution in [2.45, 2.75) is 19.3 Å². The second kappa shape index (κ2) is 5.72. The molecule has 1 saturated heterocycles. The van der Waals surface area contributed by atoms with Gasteiger partial charge in [0.05, 0.1) is 13.0 Å². The molecular formula is C11H13F6NO3. The molecule has 1 aliphatic rings. The summed E-state index contributed by atoms with van der Waals surface area (Å²) >= 11 is 0. The third-order valence-electron chi connectivity index (χ3n) is 3.33. The van der Waals surface area contributed by atoms with Crippen molar-refractivity contribution in [3.05, 3.63) is 0 Å². The van der Waals surface area contributed by atoms with Crippen LogP contribution in [0.4, 0.5) is 26.3 Å². The first kappa shape index (κ1) is 17.6. The van der Waals surface area contributed by atoms with Crippen LogP contribution in [0.1, 0.15) is 6.92 Å². The summed E-state index contributed by atoms with van der Waals surface area (Å²) in [5.74, 6) is -8.44. The van der Waals surface area contributed by atoms with E-state index in [0.717, 1.165) is 7.11 Å². The molecule has 122 valence electrons. The lowest BCUT2D eigenvalue weighted by atomic mass is 9.99. The molecule has 1 aliphatic heterocycles. The van der Waals surface area contributed by atoms with Gasteiger partial charge in [-0.3, -0.25) is 9.59 Å². The average molecular weight is 321 g/mol. The summed E-state index contributed by atoms with van der Waals surface area (Å²) < 4.78 is 79.3. The second-order valence-corrected chi connectivity index (χ2v) is 4.87. The van der Waals surface area contributed by atoms with E-state index < -0.39 is 48.5 Å². The van der Waals surface area contributed by atoms with Crippen LogP contribution < -0.4 is 0 Å². The maximum atomic E-state index is 12.5. The summed E-state index contributed by atoms with van der Waals surface area (Å²) in [6, 6.07) is 0. The van der Waals surface area contributed by atoms with Crippen molar-refractivity contribution >= 4 is 11.9 Å². The SMILES string of the molecule is COC(=O)C1CN(C(=O)C(C(F)(F)F)C(F)(F)F)CC1C. The number of carbonyl (C=O) groups excluding carboxylic acids is 2. The number of hydrogen-bond donors (Lipinski definition) is 0. The molecule has 2 unspecified atom stereocenters. The summed E-state index contributed by atoms with van der Waals surface area (Å²) in [7, 11) is 1.05. The Hall–Kier alpha value is -1.48. The first-order valence-electron chi connectivity index (χ1n) is 5.89. The quantitative estimate of drug-likeness (QED) is 0.577. The molecule has 0 aromatic rings. The lowest BCUT2D eigenvalue weighted by Gasteiger charge is -2.26. The Kier molecular flexibility index (Phi) is 4.79. The van der Waals surface area contributed by atoms with Crippen LogP contribution in [-0.4, -0.2) is 49.3 Å². The average Bonchev–Trinajstić information content (AvgIpc) is 2.66. The van der Waals surface area contributed by atoms with Crippen molar-refractivity contribution in [1.82, 2.24) is 4.90 Å². The molecule has 0 radical (unpaired) electrons. The van der Waals surface area contributed by atoms with E-state index in [2.05, 4.69) is 4.74 Å². The Morgan fingerprint density at radius 2 is 1.57 bits per heavy atom. The summed E-state index contributed by atoms with van der Waals surface area (Å²) in [6.07, 6.45) is -11.5. The van der Waals surface area contributed by atoms with E-state index in [0.29, 0.717) is 4.90 Å². The van der Waals surface area contributed by atoms with Crippen LogP contribution in [0.15, 0.2) is 0 Å². The van der Waals surface area contributed by atoms with Gasteiger partial charge in [0.25, 0.3) is 0 Å². The molecule has 1 amide bonds. The fourth-order valence-corrected chi connectivity index (χ4v) is 2.25. The number of ether oxygens (including phenoxy) is 1. The van der Waals surface area contributed by atoms with Crippen LogP contribution >= 0.6 is 0 Å². The van der Waals surface area contributed by atoms with Crippen LogP contribution in [0.3, 0.4) is 0 Å². The monoisotopic (exact) mass is 321 g/mol. The zero-order valence-electron chi connectivity index (χ0n) is 11.1. The molecule has 0 aromatic carbocycles. The summed E-state index contributed by atoms with van der Waals surface area (Å²) in [5, 5.41) is 0. The van der Waals surface area contributed by atoms with Crippen LogP contribution in [0.5, 0.6) is 0 Å². The van der Waals surface area contributed by atoms with Crippen LogP contribution in [0, 0.1) is 17.8 Å². The number of nitrogens with zero attached hydrogens (tertiary/aromatic N) is 1. The molecule has 0 saturated carbocycles. The number of alkyl halides is 6. The molecule has 1 fully saturated rings. The molecule has 0 bridgehead atoms. The van der Waals surface area contributed by atoms with Crippen molar-refractivity contribution in [2.75, 3.05) is 20.2 Å². The van der Waals surface area contributed by atoms with Gasteiger partial charge in [0.1, 0.15) is 0 Å². The van der Waals surface area contributed by atoms with Gasteiger partial charge in [-0.1, -0.05) is 6.92 Å². The van der Waals surface area contributed by atoms with Gasteiger partial charge >= 0.3 is 18.3 Å². The minimum absolute atomic E-state index is 0.360. The van der Waals surface area contributed by atoms with E-state index in [4.69, 9.17) is 0 Å². The van der Waals surface area contributed by atoms with E-state index in [1.54, 1.807) is 0 Å². The number of amides is 1. The summed E-state index contributed by atoms with van der Waals surface area (Å²) in [4.78, 5) is 23.3. The number of methoxy groups -OCH3 is 1. The maximum absolute atomic E-state index is 12.5. The number of halogens is 6. The van der Waals surface area contributed by atoms with Crippen molar-refractivity contribution < 1.29 is 40.7 Å². The molecule has 21 heavy (non-hydrogen) atoms. The fraction of sp³-hybridized carbons (Fsp3) is 0.818. The van der Waals surface area contributed by atoms with Gasteiger partial charge in [0.2, 0.25) is 11.8 Å². The second-order valence-electron chi connectivity index (χ2n) is 4.87. The van der Waals surface area contributed by atoms with Gasteiger partial charge in [-0.2, -0.15) is 26.3 Å². The normalized spacial score (nSPS) is 23.6. The van der Waals surface area contributed by atoms with Gasteiger partial charge in [-0.05, 0) is 5.92 Å². The number of likely N-dealkylation sites (tertiary alicyclic amines) is 1. The minimum Gasteiger partial charge on any atom is -0.469 e. The molecule has 0 aliphatic carbocycles. The van der Waals surface area contributed by atoms with Gasteiger partial charge in [-0.25, -0.2) is 0 Å². The Labute approximate surface area is 116 Å². The molecule has 2 atom stereocenters. The molecule has 4 nitrogen and oxygen atoms in total. The van der Waals surface area contributed by atoms with Crippen molar-refractivity contribution in [2.24, 2.45) is 17.8 Å². The largest absolute Gasteiger partial charge is 0.469 e. The van der Waals surface area contributed by atoms with E-state index in [1.807, 2.05) is 0 Å². The predicted molar refractivity (Wildman–Crippen MR) is 56.9 cm³/mol. The van der Waals surface area contributed by atoms with Gasteiger partial charge in [0.15, 0.2) is 0 Å². The van der Waals surface area contributed by atoms with Crippen molar-refractivity contribution in [3.8, 4) is 0 Å². The molecule has 1 heterocycles. The van der Waals surface area contributed by atoms with Crippen molar-refractivity contribution in [3.63, 3.8) is 0 Å². The van der Waals surface area contributed by atoms with E-state index in [1.165, 1.54) is 6.92 Å². The summed E-state index contributed by atoms with van der Waals surface area (Å²) in [6.45, 7) is 0.571. The highest BCUT2D eigenvalue weighted by molar-refractivity contribution is 5.82. The van der Waals surface area contributed by atoms with Gasteiger partial charge in [-0.15, -0.1) is 0 Å². The number of rotatable bonds is 2. The number of carbonyl (C=O) groups is 2. The van der Waals surface area contributed by atoms with E-state index in [9.17, 15) is 35.9 Å². The Bertz CT molecular complexity index is 405. The Balaban J connectivity index is 2.95. The molecule has 0 N–H and O–H groups in total. The Morgan fingerprint density at radius 3 is 1.95 bits per heavy atom. The molecule has 1 rings (SSSR count). The molecule has 10 heteroatoms. The van der Waals surface area contributed by atoms with E-state index in [-0.39, 0.29) is 6.54 Å². The first-order chi connectivity index (χ1) is 9.39. The highest BCUT2D eigenvalue weighted by atomic mass is 19.4. The van der Waals surface area contributed by atoms with Crippen LogP contribution in [-0.2, 0) is 14.3 Å². The molecule has 0 spiro atoms.